The van der Waals surface area contributed by atoms with Gasteiger partial charge < -0.3 is 11.5 Å². The van der Waals surface area contributed by atoms with E-state index in [4.69, 9.17) is 16.5 Å². The van der Waals surface area contributed by atoms with E-state index in [0.29, 0.717) is 16.7 Å². The van der Waals surface area contributed by atoms with E-state index in [1.807, 2.05) is 30.3 Å². The van der Waals surface area contributed by atoms with Gasteiger partial charge in [-0.15, -0.1) is 11.3 Å². The van der Waals surface area contributed by atoms with Crippen LogP contribution in [0.1, 0.15) is 35.5 Å². The molecule has 0 atom stereocenters. The van der Waals surface area contributed by atoms with Crippen molar-refractivity contribution in [3.63, 3.8) is 0 Å². The highest BCUT2D eigenvalue weighted by Crippen LogP contribution is 2.35. The molecule has 4 aromatic rings. The first-order valence-electron chi connectivity index (χ1n) is 10.1. The molecule has 0 fully saturated rings. The Morgan fingerprint density at radius 3 is 2.48 bits per heavy atom. The van der Waals surface area contributed by atoms with Crippen molar-refractivity contribution in [2.45, 2.75) is 43.0 Å². The maximum Gasteiger partial charge on any atom is 0.267 e. The monoisotopic (exact) mass is 451 g/mol. The van der Waals surface area contributed by atoms with E-state index in [1.165, 1.54) is 28.6 Å². The van der Waals surface area contributed by atoms with Crippen LogP contribution in [0.5, 0.6) is 0 Å². The number of nitrogens with two attached hydrogens (primary N) is 2. The van der Waals surface area contributed by atoms with Gasteiger partial charge in [-0.25, -0.2) is 4.98 Å². The largest absolute Gasteiger partial charge is 0.368 e. The average Bonchev–Trinajstić information content (AvgIpc) is 2.93. The second-order valence-electron chi connectivity index (χ2n) is 7.37. The van der Waals surface area contributed by atoms with Crippen LogP contribution < -0.4 is 17.0 Å². The lowest BCUT2D eigenvalue weighted by Gasteiger charge is -2.12. The minimum atomic E-state index is -0.0206. The van der Waals surface area contributed by atoms with Gasteiger partial charge in [0.15, 0.2) is 5.16 Å². The molecule has 4 N–H and O–H groups in total. The topological polar surface area (TPSA) is 126 Å². The number of fused-ring (bicyclic) bond motifs is 3. The van der Waals surface area contributed by atoms with Crippen molar-refractivity contribution >= 4 is 45.2 Å². The molecule has 0 unspecified atom stereocenters. The Morgan fingerprint density at radius 1 is 0.968 bits per heavy atom. The molecule has 0 amide bonds. The third kappa shape index (κ3) is 3.88. The number of hydrogen-bond donors (Lipinski definition) is 2. The molecule has 0 saturated heterocycles. The minimum absolute atomic E-state index is 0.0206. The van der Waals surface area contributed by atoms with Gasteiger partial charge >= 0.3 is 0 Å². The molecule has 0 bridgehead atoms. The predicted octanol–water partition coefficient (Wildman–Crippen LogP) is 3.36. The number of hydrogen-bond acceptors (Lipinski definition) is 9. The van der Waals surface area contributed by atoms with Gasteiger partial charge in [0.2, 0.25) is 11.9 Å². The van der Waals surface area contributed by atoms with Crippen LogP contribution in [-0.4, -0.2) is 24.5 Å². The van der Waals surface area contributed by atoms with Crippen LogP contribution in [-0.2, 0) is 18.6 Å². The Labute approximate surface area is 186 Å². The predicted molar refractivity (Wildman–Crippen MR) is 125 cm³/mol. The lowest BCUT2D eigenvalue weighted by atomic mass is 10.1. The van der Waals surface area contributed by atoms with Crippen LogP contribution in [0.4, 0.5) is 11.9 Å². The number of thioether (sulfide) groups is 1. The number of para-hydroxylation sites is 1. The van der Waals surface area contributed by atoms with E-state index in [1.54, 1.807) is 15.9 Å². The zero-order valence-corrected chi connectivity index (χ0v) is 18.4. The van der Waals surface area contributed by atoms with Crippen LogP contribution in [0.25, 0.3) is 15.9 Å². The van der Waals surface area contributed by atoms with Gasteiger partial charge in [-0.1, -0.05) is 36.4 Å². The van der Waals surface area contributed by atoms with Crippen LogP contribution in [0.15, 0.2) is 40.3 Å². The minimum Gasteiger partial charge on any atom is -0.368 e. The summed E-state index contributed by atoms with van der Waals surface area (Å²) in [7, 11) is 0. The van der Waals surface area contributed by atoms with Gasteiger partial charge in [0.25, 0.3) is 5.56 Å². The van der Waals surface area contributed by atoms with Crippen LogP contribution in [0.3, 0.4) is 0 Å². The Kier molecular flexibility index (Phi) is 5.33. The molecule has 3 aromatic heterocycles. The molecule has 0 saturated carbocycles. The zero-order valence-electron chi connectivity index (χ0n) is 16.7. The van der Waals surface area contributed by atoms with E-state index in [2.05, 4.69) is 15.0 Å². The molecule has 158 valence electrons. The first-order valence-corrected chi connectivity index (χ1v) is 11.9. The van der Waals surface area contributed by atoms with Gasteiger partial charge in [-0.05, 0) is 43.4 Å². The van der Waals surface area contributed by atoms with Crippen LogP contribution >= 0.6 is 23.1 Å². The first kappa shape index (κ1) is 20.0. The molecule has 0 aliphatic heterocycles. The molecule has 8 nitrogen and oxygen atoms in total. The maximum atomic E-state index is 13.7. The van der Waals surface area contributed by atoms with Crippen molar-refractivity contribution in [2.75, 3.05) is 11.5 Å². The van der Waals surface area contributed by atoms with E-state index in [-0.39, 0.29) is 17.5 Å². The third-order valence-electron chi connectivity index (χ3n) is 5.27. The van der Waals surface area contributed by atoms with Crippen molar-refractivity contribution < 1.29 is 0 Å². The smallest absolute Gasteiger partial charge is 0.267 e. The Balaban J connectivity index is 1.65. The zero-order chi connectivity index (χ0) is 21.4. The number of nitrogens with zero attached hydrogens (tertiary/aromatic N) is 5. The third-order valence-corrected chi connectivity index (χ3v) is 7.39. The standard InChI is InChI=1S/C21H21N7OS2/c22-19-24-15(25-20(23)27-19)11-30-21-26-17-16(13-9-5-2-6-10-14(13)31-17)18(29)28(21)12-7-3-1-4-8-12/h1,3-4,7-8H,2,5-6,9-11H2,(H4,22,23,24,25,27). The SMILES string of the molecule is Nc1nc(N)nc(CSc2nc3sc4c(c3c(=O)n2-c2ccccc2)CCCCC4)n1. The molecule has 1 aromatic carbocycles. The summed E-state index contributed by atoms with van der Waals surface area (Å²) >= 11 is 3.04. The number of anilines is 2. The van der Waals surface area contributed by atoms with Gasteiger partial charge in [0.1, 0.15) is 10.7 Å². The normalized spacial score (nSPS) is 13.8. The number of aromatic nitrogens is 5. The molecule has 1 aliphatic rings. The maximum absolute atomic E-state index is 13.7. The van der Waals surface area contributed by atoms with Crippen LogP contribution in [0, 0.1) is 0 Å². The molecule has 5 rings (SSSR count). The quantitative estimate of drug-likeness (QED) is 0.275. The molecular formula is C21H21N7OS2. The van der Waals surface area contributed by atoms with Crippen molar-refractivity contribution in [2.24, 2.45) is 0 Å². The molecule has 10 heteroatoms. The van der Waals surface area contributed by atoms with Gasteiger partial charge in [0, 0.05) is 4.88 Å². The lowest BCUT2D eigenvalue weighted by Crippen LogP contribution is -2.22. The number of nitrogen functional groups attached to an aromatic ring is 2. The second kappa shape index (κ2) is 8.27. The van der Waals surface area contributed by atoms with Gasteiger partial charge in [-0.2, -0.15) is 15.0 Å². The second-order valence-corrected chi connectivity index (χ2v) is 9.40. The van der Waals surface area contributed by atoms with Crippen molar-refractivity contribution in [3.05, 3.63) is 57.0 Å². The van der Waals surface area contributed by atoms with E-state index < -0.39 is 0 Å². The highest BCUT2D eigenvalue weighted by atomic mass is 32.2. The van der Waals surface area contributed by atoms with Gasteiger partial charge in [0.05, 0.1) is 16.8 Å². The number of benzene rings is 1. The van der Waals surface area contributed by atoms with E-state index in [0.717, 1.165) is 41.6 Å². The first-order chi connectivity index (χ1) is 15.1. The Hall–Kier alpha value is -2.98. The molecule has 0 radical (unpaired) electrons. The number of thiophene rings is 1. The lowest BCUT2D eigenvalue weighted by molar-refractivity contribution is 0.713. The summed E-state index contributed by atoms with van der Waals surface area (Å²) in [6, 6.07) is 9.61. The molecule has 31 heavy (non-hydrogen) atoms. The van der Waals surface area contributed by atoms with E-state index in [9.17, 15) is 4.79 Å². The van der Waals surface area contributed by atoms with Crippen molar-refractivity contribution in [1.29, 1.82) is 0 Å². The van der Waals surface area contributed by atoms with Crippen molar-refractivity contribution in [1.82, 2.24) is 24.5 Å². The summed E-state index contributed by atoms with van der Waals surface area (Å²) in [5.74, 6) is 0.973. The summed E-state index contributed by atoms with van der Waals surface area (Å²) < 4.78 is 1.69. The fraction of sp³-hybridized carbons (Fsp3) is 0.286. The average molecular weight is 452 g/mol. The summed E-state index contributed by atoms with van der Waals surface area (Å²) in [5.41, 5.74) is 13.3. The molecular weight excluding hydrogens is 430 g/mol. The molecule has 0 spiro atoms. The highest BCUT2D eigenvalue weighted by molar-refractivity contribution is 7.98. The van der Waals surface area contributed by atoms with Gasteiger partial charge in [-0.3, -0.25) is 9.36 Å². The van der Waals surface area contributed by atoms with Crippen molar-refractivity contribution in [3.8, 4) is 5.69 Å². The highest BCUT2D eigenvalue weighted by Gasteiger charge is 2.22. The summed E-state index contributed by atoms with van der Waals surface area (Å²) in [6.45, 7) is 0. The molecule has 1 aliphatic carbocycles. The number of rotatable bonds is 4. The Bertz CT molecular complexity index is 1300. The summed E-state index contributed by atoms with van der Waals surface area (Å²) in [5, 5.41) is 1.36. The Morgan fingerprint density at radius 2 is 1.71 bits per heavy atom. The summed E-state index contributed by atoms with van der Waals surface area (Å²) in [6.07, 6.45) is 5.44. The van der Waals surface area contributed by atoms with E-state index >= 15 is 0 Å². The molecule has 3 heterocycles. The van der Waals surface area contributed by atoms with Crippen LogP contribution in [0.2, 0.25) is 0 Å². The fourth-order valence-electron chi connectivity index (χ4n) is 3.92. The number of aryl methyl sites for hydroxylation is 2. The summed E-state index contributed by atoms with van der Waals surface area (Å²) in [4.78, 5) is 32.9. The fourth-order valence-corrected chi connectivity index (χ4v) is 6.09.